The van der Waals surface area contributed by atoms with E-state index >= 15 is 0 Å². The zero-order valence-electron chi connectivity index (χ0n) is 11.7. The fourth-order valence-electron chi connectivity index (χ4n) is 2.83. The molecule has 1 fully saturated rings. The molecule has 0 aliphatic carbocycles. The van der Waals surface area contributed by atoms with E-state index in [0.29, 0.717) is 5.41 Å². The lowest BCUT2D eigenvalue weighted by Gasteiger charge is -2.39. The van der Waals surface area contributed by atoms with E-state index in [1.807, 2.05) is 12.1 Å². The Hall–Kier alpha value is -1.77. The Bertz CT molecular complexity index is 594. The summed E-state index contributed by atoms with van der Waals surface area (Å²) in [5, 5.41) is 1.17. The van der Waals surface area contributed by atoms with Crippen molar-refractivity contribution in [3.05, 3.63) is 30.5 Å². The summed E-state index contributed by atoms with van der Waals surface area (Å²) in [4.78, 5) is 6.83. The highest BCUT2D eigenvalue weighted by Gasteiger charge is 2.27. The van der Waals surface area contributed by atoms with Crippen LogP contribution >= 0.6 is 0 Å². The van der Waals surface area contributed by atoms with Gasteiger partial charge in [-0.3, -0.25) is 4.98 Å². The van der Waals surface area contributed by atoms with Crippen molar-refractivity contribution in [3.8, 4) is 0 Å². The maximum Gasteiger partial charge on any atom is 0.0745 e. The highest BCUT2D eigenvalue weighted by molar-refractivity contribution is 5.97. The van der Waals surface area contributed by atoms with Crippen molar-refractivity contribution in [2.24, 2.45) is 5.41 Å². The number of hydrogen-bond acceptors (Lipinski definition) is 3. The van der Waals surface area contributed by atoms with Gasteiger partial charge < -0.3 is 10.6 Å². The van der Waals surface area contributed by atoms with Gasteiger partial charge in [-0.1, -0.05) is 32.0 Å². The Labute approximate surface area is 114 Å². The molecular formula is C16H21N3. The van der Waals surface area contributed by atoms with Gasteiger partial charge in [-0.25, -0.2) is 0 Å². The average Bonchev–Trinajstić information content (AvgIpc) is 2.40. The summed E-state index contributed by atoms with van der Waals surface area (Å²) in [5.74, 6) is 0. The topological polar surface area (TPSA) is 42.1 Å². The van der Waals surface area contributed by atoms with Crippen LogP contribution in [0.2, 0.25) is 0 Å². The van der Waals surface area contributed by atoms with Crippen LogP contribution in [0, 0.1) is 5.41 Å². The molecule has 19 heavy (non-hydrogen) atoms. The summed E-state index contributed by atoms with van der Waals surface area (Å²) in [5.41, 5.74) is 9.62. The predicted octanol–water partition coefficient (Wildman–Crippen LogP) is 3.44. The van der Waals surface area contributed by atoms with Gasteiger partial charge in [-0.2, -0.15) is 0 Å². The van der Waals surface area contributed by atoms with E-state index in [-0.39, 0.29) is 0 Å². The summed E-state index contributed by atoms with van der Waals surface area (Å²) < 4.78 is 0. The molecule has 2 heterocycles. The monoisotopic (exact) mass is 255 g/mol. The van der Waals surface area contributed by atoms with Crippen molar-refractivity contribution >= 4 is 22.3 Å². The zero-order chi connectivity index (χ0) is 13.5. The number of nitrogen functional groups attached to an aromatic ring is 1. The lowest BCUT2D eigenvalue weighted by molar-refractivity contribution is 0.280. The molecular weight excluding hydrogens is 234 g/mol. The first-order valence-electron chi connectivity index (χ1n) is 6.95. The Kier molecular flexibility index (Phi) is 2.85. The minimum absolute atomic E-state index is 0.452. The second kappa shape index (κ2) is 4.41. The third-order valence-electron chi connectivity index (χ3n) is 4.21. The smallest absolute Gasteiger partial charge is 0.0745 e. The minimum Gasteiger partial charge on any atom is -0.396 e. The van der Waals surface area contributed by atoms with Crippen LogP contribution in [-0.4, -0.2) is 18.1 Å². The standard InChI is InChI=1S/C16H21N3/c1-16(2)7-9-19(10-8-16)15-12-5-3-4-6-14(12)18-11-13(15)17/h3-6,11H,7-10,17H2,1-2H3. The molecule has 0 radical (unpaired) electrons. The maximum atomic E-state index is 6.18. The SMILES string of the molecule is CC1(C)CCN(c2c(N)cnc3ccccc23)CC1. The molecule has 100 valence electrons. The maximum absolute atomic E-state index is 6.18. The van der Waals surface area contributed by atoms with Crippen molar-refractivity contribution in [1.82, 2.24) is 4.98 Å². The fraction of sp³-hybridized carbons (Fsp3) is 0.438. The second-order valence-corrected chi connectivity index (χ2v) is 6.23. The highest BCUT2D eigenvalue weighted by atomic mass is 15.1. The zero-order valence-corrected chi connectivity index (χ0v) is 11.7. The van der Waals surface area contributed by atoms with Gasteiger partial charge in [0.1, 0.15) is 0 Å². The molecule has 0 saturated carbocycles. The normalized spacial score (nSPS) is 18.7. The number of hydrogen-bond donors (Lipinski definition) is 1. The first kappa shape index (κ1) is 12.3. The highest BCUT2D eigenvalue weighted by Crippen LogP contribution is 2.37. The minimum atomic E-state index is 0.452. The molecule has 0 spiro atoms. The van der Waals surface area contributed by atoms with Crippen LogP contribution in [-0.2, 0) is 0 Å². The Morgan fingerprint density at radius 3 is 2.58 bits per heavy atom. The van der Waals surface area contributed by atoms with Crippen molar-refractivity contribution in [2.45, 2.75) is 26.7 Å². The molecule has 1 aromatic heterocycles. The molecule has 0 unspecified atom stereocenters. The number of aromatic nitrogens is 1. The van der Waals surface area contributed by atoms with E-state index in [1.54, 1.807) is 6.20 Å². The molecule has 3 nitrogen and oxygen atoms in total. The van der Waals surface area contributed by atoms with Crippen LogP contribution in [0.25, 0.3) is 10.9 Å². The van der Waals surface area contributed by atoms with Crippen LogP contribution in [0.15, 0.2) is 30.5 Å². The van der Waals surface area contributed by atoms with E-state index in [2.05, 4.69) is 35.9 Å². The largest absolute Gasteiger partial charge is 0.396 e. The van der Waals surface area contributed by atoms with Crippen LogP contribution in [0.3, 0.4) is 0 Å². The number of rotatable bonds is 1. The summed E-state index contributed by atoms with van der Waals surface area (Å²) in [6, 6.07) is 8.25. The van der Waals surface area contributed by atoms with Gasteiger partial charge in [0.25, 0.3) is 0 Å². The van der Waals surface area contributed by atoms with Gasteiger partial charge >= 0.3 is 0 Å². The molecule has 1 saturated heterocycles. The Balaban J connectivity index is 2.03. The molecule has 2 N–H and O–H groups in total. The third-order valence-corrected chi connectivity index (χ3v) is 4.21. The molecule has 3 heteroatoms. The van der Waals surface area contributed by atoms with Crippen molar-refractivity contribution in [1.29, 1.82) is 0 Å². The molecule has 0 atom stereocenters. The van der Waals surface area contributed by atoms with E-state index < -0.39 is 0 Å². The van der Waals surface area contributed by atoms with E-state index in [1.165, 1.54) is 23.9 Å². The second-order valence-electron chi connectivity index (χ2n) is 6.23. The number of pyridine rings is 1. The number of fused-ring (bicyclic) bond motifs is 1. The van der Waals surface area contributed by atoms with Gasteiger partial charge in [0.15, 0.2) is 0 Å². The van der Waals surface area contributed by atoms with Crippen molar-refractivity contribution < 1.29 is 0 Å². The molecule has 1 aliphatic rings. The van der Waals surface area contributed by atoms with E-state index in [9.17, 15) is 0 Å². The van der Waals surface area contributed by atoms with Crippen molar-refractivity contribution in [3.63, 3.8) is 0 Å². The van der Waals surface area contributed by atoms with Crippen LogP contribution < -0.4 is 10.6 Å². The summed E-state index contributed by atoms with van der Waals surface area (Å²) in [6.45, 7) is 6.84. The van der Waals surface area contributed by atoms with Crippen molar-refractivity contribution in [2.75, 3.05) is 23.7 Å². The first-order valence-corrected chi connectivity index (χ1v) is 6.95. The number of benzene rings is 1. The van der Waals surface area contributed by atoms with Crippen LogP contribution in [0.1, 0.15) is 26.7 Å². The summed E-state index contributed by atoms with van der Waals surface area (Å²) in [6.07, 6.45) is 4.21. The van der Waals surface area contributed by atoms with Crippen LogP contribution in [0.5, 0.6) is 0 Å². The number of piperidine rings is 1. The molecule has 0 amide bonds. The Morgan fingerprint density at radius 2 is 1.84 bits per heavy atom. The quantitative estimate of drug-likeness (QED) is 0.848. The van der Waals surface area contributed by atoms with Gasteiger partial charge in [0.2, 0.25) is 0 Å². The first-order chi connectivity index (χ1) is 9.07. The van der Waals surface area contributed by atoms with Gasteiger partial charge in [-0.15, -0.1) is 0 Å². The summed E-state index contributed by atoms with van der Waals surface area (Å²) in [7, 11) is 0. The van der Waals surface area contributed by atoms with E-state index in [0.717, 1.165) is 24.3 Å². The van der Waals surface area contributed by atoms with Gasteiger partial charge in [0.05, 0.1) is 23.1 Å². The third kappa shape index (κ3) is 2.25. The lowest BCUT2D eigenvalue weighted by Crippen LogP contribution is -2.37. The number of anilines is 2. The average molecular weight is 255 g/mol. The number of nitrogens with two attached hydrogens (primary N) is 1. The van der Waals surface area contributed by atoms with Gasteiger partial charge in [-0.05, 0) is 24.3 Å². The van der Waals surface area contributed by atoms with Gasteiger partial charge in [0, 0.05) is 18.5 Å². The van der Waals surface area contributed by atoms with E-state index in [4.69, 9.17) is 5.73 Å². The lowest BCUT2D eigenvalue weighted by atomic mass is 9.82. The predicted molar refractivity (Wildman–Crippen MR) is 81.4 cm³/mol. The van der Waals surface area contributed by atoms with Crippen LogP contribution in [0.4, 0.5) is 11.4 Å². The fourth-order valence-corrected chi connectivity index (χ4v) is 2.83. The number of para-hydroxylation sites is 1. The molecule has 0 bridgehead atoms. The molecule has 1 aromatic carbocycles. The Morgan fingerprint density at radius 1 is 1.16 bits per heavy atom. The molecule has 3 rings (SSSR count). The molecule has 1 aliphatic heterocycles. The molecule has 2 aromatic rings. The number of nitrogens with zero attached hydrogens (tertiary/aromatic N) is 2. The summed E-state index contributed by atoms with van der Waals surface area (Å²) >= 11 is 0.